The Kier molecular flexibility index (Phi) is 5.45. The molecule has 5 aromatic rings. The Balaban J connectivity index is 1.45. The second-order valence-electron chi connectivity index (χ2n) is 7.10. The smallest absolute Gasteiger partial charge is 0.268 e. The standard InChI is InChI=1S/C22H15ClN6O3S/c1-12-17-21(33-18(12)20-27-19(28-32-20)13-6-8-24-9-7-13)25-11-29(22(17)31)10-16(30)26-15-5-3-2-4-14(15)23/h2-9,11H,10H2,1H3,(H,26,30). The van der Waals surface area contributed by atoms with Crippen LogP contribution in [-0.4, -0.2) is 30.6 Å². The van der Waals surface area contributed by atoms with Crippen LogP contribution in [0.5, 0.6) is 0 Å². The van der Waals surface area contributed by atoms with Gasteiger partial charge in [0.1, 0.15) is 11.4 Å². The lowest BCUT2D eigenvalue weighted by Gasteiger charge is -2.08. The molecule has 1 N–H and O–H groups in total. The Morgan fingerprint density at radius 2 is 2.00 bits per heavy atom. The molecule has 0 aliphatic rings. The van der Waals surface area contributed by atoms with Crippen LogP contribution >= 0.6 is 22.9 Å². The summed E-state index contributed by atoms with van der Waals surface area (Å²) in [6.45, 7) is 1.59. The lowest BCUT2D eigenvalue weighted by molar-refractivity contribution is -0.116. The quantitative estimate of drug-likeness (QED) is 0.403. The first-order valence-electron chi connectivity index (χ1n) is 9.78. The number of aromatic nitrogens is 5. The highest BCUT2D eigenvalue weighted by molar-refractivity contribution is 7.22. The summed E-state index contributed by atoms with van der Waals surface area (Å²) >= 11 is 7.37. The molecule has 9 nitrogen and oxygen atoms in total. The molecular formula is C22H15ClN6O3S. The zero-order chi connectivity index (χ0) is 22.9. The van der Waals surface area contributed by atoms with E-state index in [4.69, 9.17) is 16.1 Å². The second-order valence-corrected chi connectivity index (χ2v) is 8.51. The highest BCUT2D eigenvalue weighted by atomic mass is 35.5. The highest BCUT2D eigenvalue weighted by Gasteiger charge is 2.21. The maximum absolute atomic E-state index is 13.1. The van der Waals surface area contributed by atoms with E-state index in [-0.39, 0.29) is 12.1 Å². The van der Waals surface area contributed by atoms with E-state index in [9.17, 15) is 9.59 Å². The molecule has 0 bridgehead atoms. The minimum absolute atomic E-state index is 0.204. The Labute approximate surface area is 195 Å². The number of pyridine rings is 1. The van der Waals surface area contributed by atoms with Gasteiger partial charge in [-0.05, 0) is 36.8 Å². The summed E-state index contributed by atoms with van der Waals surface area (Å²) in [5.41, 5.74) is 1.58. The van der Waals surface area contributed by atoms with Crippen molar-refractivity contribution in [3.63, 3.8) is 0 Å². The van der Waals surface area contributed by atoms with Crippen molar-refractivity contribution in [1.82, 2.24) is 24.7 Å². The topological polar surface area (TPSA) is 116 Å². The minimum Gasteiger partial charge on any atom is -0.333 e. The number of hydrogen-bond acceptors (Lipinski definition) is 8. The molecule has 0 saturated heterocycles. The molecule has 0 aliphatic carbocycles. The van der Waals surface area contributed by atoms with E-state index in [1.165, 1.54) is 22.2 Å². The van der Waals surface area contributed by atoms with Crippen LogP contribution in [0.2, 0.25) is 5.02 Å². The molecule has 0 fully saturated rings. The number of para-hydroxylation sites is 1. The third kappa shape index (κ3) is 4.01. The number of anilines is 1. The number of nitrogens with one attached hydrogen (secondary N) is 1. The molecule has 33 heavy (non-hydrogen) atoms. The maximum atomic E-state index is 13.1. The van der Waals surface area contributed by atoms with Gasteiger partial charge in [0, 0.05) is 18.0 Å². The SMILES string of the molecule is Cc1c(-c2nc(-c3ccncc3)no2)sc2ncn(CC(=O)Nc3ccccc3Cl)c(=O)c12. The van der Waals surface area contributed by atoms with Crippen LogP contribution in [0, 0.1) is 6.92 Å². The van der Waals surface area contributed by atoms with E-state index < -0.39 is 5.91 Å². The van der Waals surface area contributed by atoms with Crippen LogP contribution in [0.1, 0.15) is 5.56 Å². The van der Waals surface area contributed by atoms with Gasteiger partial charge in [0.05, 0.1) is 27.3 Å². The first kappa shape index (κ1) is 21.0. The first-order valence-corrected chi connectivity index (χ1v) is 11.0. The number of thiophene rings is 1. The van der Waals surface area contributed by atoms with Gasteiger partial charge in [0.2, 0.25) is 11.7 Å². The number of aryl methyl sites for hydroxylation is 1. The van der Waals surface area contributed by atoms with E-state index in [1.807, 2.05) is 0 Å². The van der Waals surface area contributed by atoms with Gasteiger partial charge < -0.3 is 9.84 Å². The van der Waals surface area contributed by atoms with Crippen LogP contribution < -0.4 is 10.9 Å². The molecule has 1 aromatic carbocycles. The van der Waals surface area contributed by atoms with Gasteiger partial charge in [-0.1, -0.05) is 28.9 Å². The molecule has 164 valence electrons. The molecular weight excluding hydrogens is 464 g/mol. The Morgan fingerprint density at radius 1 is 1.21 bits per heavy atom. The number of rotatable bonds is 5. The van der Waals surface area contributed by atoms with E-state index in [1.54, 1.807) is 55.7 Å². The zero-order valence-corrected chi connectivity index (χ0v) is 18.7. The Morgan fingerprint density at radius 3 is 2.79 bits per heavy atom. The zero-order valence-electron chi connectivity index (χ0n) is 17.2. The largest absolute Gasteiger partial charge is 0.333 e. The Bertz CT molecular complexity index is 1540. The number of fused-ring (bicyclic) bond motifs is 1. The number of carbonyl (C=O) groups excluding carboxylic acids is 1. The Hall–Kier alpha value is -3.89. The summed E-state index contributed by atoms with van der Waals surface area (Å²) < 4.78 is 6.70. The van der Waals surface area contributed by atoms with Gasteiger partial charge in [-0.2, -0.15) is 4.98 Å². The summed E-state index contributed by atoms with van der Waals surface area (Å²) in [6.07, 6.45) is 4.64. The summed E-state index contributed by atoms with van der Waals surface area (Å²) in [4.78, 5) is 39.6. The number of amides is 1. The average molecular weight is 479 g/mol. The van der Waals surface area contributed by atoms with Crippen LogP contribution in [0.4, 0.5) is 5.69 Å². The molecule has 0 radical (unpaired) electrons. The number of hydrogen-bond donors (Lipinski definition) is 1. The lowest BCUT2D eigenvalue weighted by atomic mass is 10.2. The first-order chi connectivity index (χ1) is 16.0. The molecule has 0 aliphatic heterocycles. The van der Waals surface area contributed by atoms with E-state index in [2.05, 4.69) is 25.4 Å². The predicted octanol–water partition coefficient (Wildman–Crippen LogP) is 4.17. The predicted molar refractivity (Wildman–Crippen MR) is 125 cm³/mol. The van der Waals surface area contributed by atoms with E-state index >= 15 is 0 Å². The van der Waals surface area contributed by atoms with Gasteiger partial charge in [-0.15, -0.1) is 11.3 Å². The molecule has 11 heteroatoms. The monoisotopic (exact) mass is 478 g/mol. The molecule has 0 spiro atoms. The molecule has 4 heterocycles. The van der Waals surface area contributed by atoms with Gasteiger partial charge in [0.15, 0.2) is 0 Å². The fraction of sp³-hybridized carbons (Fsp3) is 0.0909. The van der Waals surface area contributed by atoms with Gasteiger partial charge >= 0.3 is 0 Å². The van der Waals surface area contributed by atoms with Crippen molar-refractivity contribution in [2.45, 2.75) is 13.5 Å². The number of benzene rings is 1. The maximum Gasteiger partial charge on any atom is 0.268 e. The third-order valence-electron chi connectivity index (χ3n) is 4.94. The van der Waals surface area contributed by atoms with E-state index in [0.29, 0.717) is 43.1 Å². The summed E-state index contributed by atoms with van der Waals surface area (Å²) in [6, 6.07) is 10.4. The molecule has 0 saturated carbocycles. The molecule has 1 amide bonds. The van der Waals surface area contributed by atoms with Crippen molar-refractivity contribution < 1.29 is 9.32 Å². The van der Waals surface area contributed by atoms with Gasteiger partial charge in [-0.3, -0.25) is 19.1 Å². The number of nitrogens with zero attached hydrogens (tertiary/aromatic N) is 5. The fourth-order valence-corrected chi connectivity index (χ4v) is 4.56. The van der Waals surface area contributed by atoms with Crippen molar-refractivity contribution in [1.29, 1.82) is 0 Å². The van der Waals surface area contributed by atoms with Crippen LogP contribution in [-0.2, 0) is 11.3 Å². The molecule has 0 atom stereocenters. The fourth-order valence-electron chi connectivity index (χ4n) is 3.32. The summed E-state index contributed by atoms with van der Waals surface area (Å²) in [7, 11) is 0. The van der Waals surface area contributed by atoms with Crippen molar-refractivity contribution in [2.24, 2.45) is 0 Å². The average Bonchev–Trinajstić information content (AvgIpc) is 3.43. The van der Waals surface area contributed by atoms with Crippen LogP contribution in [0.15, 0.2) is 64.4 Å². The van der Waals surface area contributed by atoms with Crippen molar-refractivity contribution in [2.75, 3.05) is 5.32 Å². The lowest BCUT2D eigenvalue weighted by Crippen LogP contribution is -2.27. The van der Waals surface area contributed by atoms with Crippen molar-refractivity contribution in [3.8, 4) is 22.2 Å². The van der Waals surface area contributed by atoms with Crippen LogP contribution in [0.3, 0.4) is 0 Å². The van der Waals surface area contributed by atoms with Crippen molar-refractivity contribution in [3.05, 3.63) is 76.1 Å². The normalized spacial score (nSPS) is 11.1. The van der Waals surface area contributed by atoms with Gasteiger partial charge in [-0.25, -0.2) is 4.98 Å². The second kappa shape index (κ2) is 8.57. The van der Waals surface area contributed by atoms with Gasteiger partial charge in [0.25, 0.3) is 11.4 Å². The van der Waals surface area contributed by atoms with E-state index in [0.717, 1.165) is 5.56 Å². The van der Waals surface area contributed by atoms with Crippen LogP contribution in [0.25, 0.3) is 32.4 Å². The molecule has 4 aromatic heterocycles. The molecule has 0 unspecified atom stereocenters. The number of carbonyl (C=O) groups is 1. The number of halogens is 1. The highest BCUT2D eigenvalue weighted by Crippen LogP contribution is 2.35. The summed E-state index contributed by atoms with van der Waals surface area (Å²) in [5.74, 6) is 0.328. The third-order valence-corrected chi connectivity index (χ3v) is 6.46. The van der Waals surface area contributed by atoms with Crippen molar-refractivity contribution >= 4 is 44.7 Å². The summed E-state index contributed by atoms with van der Waals surface area (Å²) in [5, 5.41) is 7.55. The minimum atomic E-state index is -0.390. The molecule has 5 rings (SSSR count).